The van der Waals surface area contributed by atoms with Gasteiger partial charge >= 0.3 is 0 Å². The van der Waals surface area contributed by atoms with E-state index in [9.17, 15) is 4.79 Å². The Balaban J connectivity index is 1.00. The molecule has 3 aromatic heterocycles. The van der Waals surface area contributed by atoms with E-state index in [2.05, 4.69) is 44.5 Å². The van der Waals surface area contributed by atoms with Crippen molar-refractivity contribution < 1.29 is 9.21 Å². The van der Waals surface area contributed by atoms with E-state index in [0.717, 1.165) is 38.6 Å². The first kappa shape index (κ1) is 23.4. The summed E-state index contributed by atoms with van der Waals surface area (Å²) in [7, 11) is 0. The number of anilines is 1. The van der Waals surface area contributed by atoms with Crippen molar-refractivity contribution in [2.75, 3.05) is 11.1 Å². The van der Waals surface area contributed by atoms with Gasteiger partial charge in [-0.3, -0.25) is 4.79 Å². The Labute approximate surface area is 220 Å². The number of aromatic amines is 1. The highest BCUT2D eigenvalue weighted by Crippen LogP contribution is 2.31. The summed E-state index contributed by atoms with van der Waals surface area (Å²) in [5.74, 6) is 1.42. The van der Waals surface area contributed by atoms with Crippen LogP contribution < -0.4 is 5.32 Å². The second-order valence-electron chi connectivity index (χ2n) is 8.57. The Morgan fingerprint density at radius 2 is 1.86 bits per heavy atom. The number of amides is 1. The Hall–Kier alpha value is -4.02. The van der Waals surface area contributed by atoms with Crippen LogP contribution in [0.5, 0.6) is 0 Å². The maximum Gasteiger partial charge on any atom is 0.277 e. The molecule has 0 saturated heterocycles. The van der Waals surface area contributed by atoms with E-state index in [4.69, 9.17) is 9.40 Å². The predicted molar refractivity (Wildman–Crippen MR) is 147 cm³/mol. The molecule has 0 unspecified atom stereocenters. The number of para-hydroxylation sites is 2. The maximum atomic E-state index is 12.4. The van der Waals surface area contributed by atoms with Gasteiger partial charge < -0.3 is 14.7 Å². The van der Waals surface area contributed by atoms with Crippen LogP contribution >= 0.6 is 23.1 Å². The summed E-state index contributed by atoms with van der Waals surface area (Å²) in [6.45, 7) is 2.08. The Kier molecular flexibility index (Phi) is 6.42. The van der Waals surface area contributed by atoms with Crippen molar-refractivity contribution in [3.63, 3.8) is 0 Å². The number of carbonyl (C=O) groups excluding carboxylic acids is 1. The fourth-order valence-electron chi connectivity index (χ4n) is 3.92. The number of rotatable bonds is 8. The second-order valence-corrected chi connectivity index (χ2v) is 10.5. The fourth-order valence-corrected chi connectivity index (χ4v) is 5.57. The molecule has 0 aliphatic carbocycles. The van der Waals surface area contributed by atoms with Gasteiger partial charge in [-0.15, -0.1) is 21.5 Å². The van der Waals surface area contributed by atoms with Crippen LogP contribution in [0, 0.1) is 6.92 Å². The Morgan fingerprint density at radius 3 is 2.73 bits per heavy atom. The largest absolute Gasteiger partial charge is 0.416 e. The lowest BCUT2D eigenvalue weighted by molar-refractivity contribution is -0.113. The lowest BCUT2D eigenvalue weighted by atomic mass is 10.2. The zero-order valence-corrected chi connectivity index (χ0v) is 21.5. The molecule has 37 heavy (non-hydrogen) atoms. The lowest BCUT2D eigenvalue weighted by Gasteiger charge is -2.04. The molecular formula is C27H22N6O2S2. The molecule has 0 bridgehead atoms. The molecule has 6 aromatic rings. The SMILES string of the molecule is Cc1ccc2nc(-c3ccc(NC(=O)CSc4nnc(CCc5nc6ccccc6[nH]5)o4)cc3)sc2c1. The first-order valence-electron chi connectivity index (χ1n) is 11.8. The molecule has 0 spiro atoms. The second kappa shape index (κ2) is 10.2. The van der Waals surface area contributed by atoms with Gasteiger partial charge in [-0.05, 0) is 61.0 Å². The minimum atomic E-state index is -0.143. The van der Waals surface area contributed by atoms with E-state index in [0.29, 0.717) is 24.0 Å². The Bertz CT molecular complexity index is 1670. The molecule has 1 amide bonds. The van der Waals surface area contributed by atoms with Gasteiger partial charge in [0.15, 0.2) is 0 Å². The van der Waals surface area contributed by atoms with Crippen LogP contribution in [0.1, 0.15) is 17.3 Å². The number of benzene rings is 3. The molecule has 0 atom stereocenters. The molecule has 6 rings (SSSR count). The highest BCUT2D eigenvalue weighted by atomic mass is 32.2. The van der Waals surface area contributed by atoms with Gasteiger partial charge in [0.2, 0.25) is 11.8 Å². The van der Waals surface area contributed by atoms with Crippen molar-refractivity contribution in [2.45, 2.75) is 25.0 Å². The number of thiazole rings is 1. The highest BCUT2D eigenvalue weighted by Gasteiger charge is 2.12. The Morgan fingerprint density at radius 1 is 1.00 bits per heavy atom. The quantitative estimate of drug-likeness (QED) is 0.232. The number of fused-ring (bicyclic) bond motifs is 2. The van der Waals surface area contributed by atoms with Gasteiger partial charge in [-0.2, -0.15) is 0 Å². The van der Waals surface area contributed by atoms with Crippen molar-refractivity contribution in [2.24, 2.45) is 0 Å². The molecule has 8 nitrogen and oxygen atoms in total. The first-order chi connectivity index (χ1) is 18.1. The van der Waals surface area contributed by atoms with Gasteiger partial charge in [0, 0.05) is 24.1 Å². The maximum absolute atomic E-state index is 12.4. The smallest absolute Gasteiger partial charge is 0.277 e. The van der Waals surface area contributed by atoms with Gasteiger partial charge in [-0.25, -0.2) is 9.97 Å². The number of nitrogens with zero attached hydrogens (tertiary/aromatic N) is 4. The summed E-state index contributed by atoms with van der Waals surface area (Å²) >= 11 is 2.88. The average molecular weight is 527 g/mol. The summed E-state index contributed by atoms with van der Waals surface area (Å²) in [4.78, 5) is 25.0. The molecule has 10 heteroatoms. The van der Waals surface area contributed by atoms with Crippen molar-refractivity contribution in [1.82, 2.24) is 25.1 Å². The summed E-state index contributed by atoms with van der Waals surface area (Å²) in [5, 5.41) is 12.4. The van der Waals surface area contributed by atoms with Gasteiger partial charge in [0.25, 0.3) is 5.22 Å². The lowest BCUT2D eigenvalue weighted by Crippen LogP contribution is -2.13. The van der Waals surface area contributed by atoms with Crippen LogP contribution in [-0.4, -0.2) is 36.8 Å². The molecule has 3 aromatic carbocycles. The average Bonchev–Trinajstić information content (AvgIpc) is 3.64. The number of carbonyl (C=O) groups is 1. The summed E-state index contributed by atoms with van der Waals surface area (Å²) in [6.07, 6.45) is 1.23. The summed E-state index contributed by atoms with van der Waals surface area (Å²) < 4.78 is 6.86. The van der Waals surface area contributed by atoms with Crippen LogP contribution in [0.25, 0.3) is 31.8 Å². The highest BCUT2D eigenvalue weighted by molar-refractivity contribution is 7.99. The van der Waals surface area contributed by atoms with Crippen LogP contribution in [0.15, 0.2) is 76.4 Å². The minimum absolute atomic E-state index is 0.143. The van der Waals surface area contributed by atoms with Crippen molar-refractivity contribution in [3.05, 3.63) is 84.0 Å². The van der Waals surface area contributed by atoms with Crippen LogP contribution in [0.2, 0.25) is 0 Å². The number of aromatic nitrogens is 5. The van der Waals surface area contributed by atoms with E-state index in [1.807, 2.05) is 54.6 Å². The molecule has 2 N–H and O–H groups in total. The molecule has 3 heterocycles. The molecule has 0 aliphatic heterocycles. The molecular weight excluding hydrogens is 504 g/mol. The van der Waals surface area contributed by atoms with E-state index in [1.54, 1.807) is 11.3 Å². The molecule has 0 radical (unpaired) electrons. The number of hydrogen-bond donors (Lipinski definition) is 2. The van der Waals surface area contributed by atoms with E-state index in [-0.39, 0.29) is 11.7 Å². The van der Waals surface area contributed by atoms with Crippen LogP contribution in [0.4, 0.5) is 5.69 Å². The monoisotopic (exact) mass is 526 g/mol. The third-order valence-electron chi connectivity index (χ3n) is 5.75. The number of hydrogen-bond acceptors (Lipinski definition) is 8. The molecule has 184 valence electrons. The number of thioether (sulfide) groups is 1. The van der Waals surface area contributed by atoms with Crippen molar-refractivity contribution in [3.8, 4) is 10.6 Å². The fraction of sp³-hybridized carbons (Fsp3) is 0.148. The number of imidazole rings is 1. The zero-order chi connectivity index (χ0) is 25.2. The number of H-pyrrole nitrogens is 1. The predicted octanol–water partition coefficient (Wildman–Crippen LogP) is 6.05. The van der Waals surface area contributed by atoms with E-state index in [1.165, 1.54) is 22.0 Å². The third kappa shape index (κ3) is 5.40. The minimum Gasteiger partial charge on any atom is -0.416 e. The third-order valence-corrected chi connectivity index (χ3v) is 7.63. The van der Waals surface area contributed by atoms with E-state index < -0.39 is 0 Å². The van der Waals surface area contributed by atoms with Crippen molar-refractivity contribution >= 4 is 55.9 Å². The topological polar surface area (TPSA) is 110 Å². The molecule has 0 saturated carbocycles. The van der Waals surface area contributed by atoms with Crippen LogP contribution in [-0.2, 0) is 17.6 Å². The standard InChI is InChI=1S/C27H22N6O2S2/c1-16-6-11-21-22(14-16)37-26(31-21)17-7-9-18(10-8-17)28-24(34)15-36-27-33-32-25(35-27)13-12-23-29-19-4-2-3-5-20(19)30-23/h2-11,14H,12-13,15H2,1H3,(H,28,34)(H,29,30). The van der Waals surface area contributed by atoms with Gasteiger partial charge in [-0.1, -0.05) is 30.0 Å². The van der Waals surface area contributed by atoms with E-state index >= 15 is 0 Å². The van der Waals surface area contributed by atoms with Gasteiger partial charge in [0.1, 0.15) is 10.8 Å². The zero-order valence-electron chi connectivity index (χ0n) is 19.9. The number of aryl methyl sites for hydroxylation is 3. The normalized spacial score (nSPS) is 11.4. The van der Waals surface area contributed by atoms with Crippen LogP contribution in [0.3, 0.4) is 0 Å². The number of nitrogens with one attached hydrogen (secondary N) is 2. The van der Waals surface area contributed by atoms with Gasteiger partial charge in [0.05, 0.1) is 27.0 Å². The summed E-state index contributed by atoms with van der Waals surface area (Å²) in [6, 6.07) is 21.9. The van der Waals surface area contributed by atoms with Crippen molar-refractivity contribution in [1.29, 1.82) is 0 Å². The summed E-state index contributed by atoms with van der Waals surface area (Å²) in [5.41, 5.74) is 5.91. The first-order valence-corrected chi connectivity index (χ1v) is 13.6. The molecule has 0 aliphatic rings. The molecule has 0 fully saturated rings.